The third-order valence-electron chi connectivity index (χ3n) is 5.82. The van der Waals surface area contributed by atoms with Crippen LogP contribution in [-0.4, -0.2) is 18.4 Å². The Labute approximate surface area is 192 Å². The van der Waals surface area contributed by atoms with Crippen molar-refractivity contribution in [1.29, 1.82) is 0 Å². The van der Waals surface area contributed by atoms with Gasteiger partial charge in [-0.2, -0.15) is 13.2 Å². The summed E-state index contributed by atoms with van der Waals surface area (Å²) >= 11 is 1.06. The van der Waals surface area contributed by atoms with Crippen LogP contribution >= 0.6 is 11.3 Å². The summed E-state index contributed by atoms with van der Waals surface area (Å²) in [6, 6.07) is 2.34. The Balaban J connectivity index is 1.78. The molecule has 178 valence electrons. The van der Waals surface area contributed by atoms with E-state index in [1.807, 2.05) is 13.8 Å². The molecular formula is C23H24F4N2O3S. The molecule has 1 fully saturated rings. The van der Waals surface area contributed by atoms with Gasteiger partial charge in [-0.25, -0.2) is 4.39 Å². The summed E-state index contributed by atoms with van der Waals surface area (Å²) in [5.74, 6) is -2.62. The van der Waals surface area contributed by atoms with E-state index in [0.717, 1.165) is 36.3 Å². The van der Waals surface area contributed by atoms with E-state index >= 15 is 0 Å². The third kappa shape index (κ3) is 4.38. The van der Waals surface area contributed by atoms with Gasteiger partial charge in [0, 0.05) is 17.0 Å². The predicted molar refractivity (Wildman–Crippen MR) is 116 cm³/mol. The average Bonchev–Trinajstić information content (AvgIpc) is 3.38. The van der Waals surface area contributed by atoms with Gasteiger partial charge in [0.15, 0.2) is 0 Å². The summed E-state index contributed by atoms with van der Waals surface area (Å²) in [5, 5.41) is 5.31. The number of carbonyl (C=O) groups is 2. The van der Waals surface area contributed by atoms with Gasteiger partial charge in [0.1, 0.15) is 10.8 Å². The van der Waals surface area contributed by atoms with Gasteiger partial charge in [0.2, 0.25) is 0 Å². The van der Waals surface area contributed by atoms with Crippen LogP contribution in [0.4, 0.5) is 22.6 Å². The highest BCUT2D eigenvalue weighted by atomic mass is 32.1. The van der Waals surface area contributed by atoms with Gasteiger partial charge in [-0.15, -0.1) is 11.3 Å². The summed E-state index contributed by atoms with van der Waals surface area (Å²) < 4.78 is 60.8. The molecule has 2 aromatic rings. The first-order valence-corrected chi connectivity index (χ1v) is 11.4. The third-order valence-corrected chi connectivity index (χ3v) is 7.23. The maximum absolute atomic E-state index is 14.4. The van der Waals surface area contributed by atoms with Crippen molar-refractivity contribution >= 4 is 28.2 Å². The lowest BCUT2D eigenvalue weighted by atomic mass is 9.93. The number of ether oxygens (including phenoxy) is 1. The lowest BCUT2D eigenvalue weighted by molar-refractivity contribution is -0.138. The molecule has 1 aromatic heterocycles. The number of fused-ring (bicyclic) bond motifs is 1. The van der Waals surface area contributed by atoms with Crippen molar-refractivity contribution in [3.05, 3.63) is 51.1 Å². The quantitative estimate of drug-likeness (QED) is 0.528. The largest absolute Gasteiger partial charge is 0.417 e. The second kappa shape index (κ2) is 7.80. The SMILES string of the molecule is CC1(C)OC(C)(C)c2c1sc(NC(=O)c1c(F)cccc1C(F)(F)F)c2C(=O)NCC1CC1. The number of halogens is 4. The first kappa shape index (κ1) is 23.7. The normalized spacial score (nSPS) is 18.7. The smallest absolute Gasteiger partial charge is 0.359 e. The first-order chi connectivity index (χ1) is 15.2. The van der Waals surface area contributed by atoms with Gasteiger partial charge < -0.3 is 15.4 Å². The van der Waals surface area contributed by atoms with Gasteiger partial charge in [-0.05, 0) is 58.6 Å². The van der Waals surface area contributed by atoms with Gasteiger partial charge in [-0.3, -0.25) is 9.59 Å². The van der Waals surface area contributed by atoms with Gasteiger partial charge in [0.25, 0.3) is 11.8 Å². The molecule has 1 aliphatic heterocycles. The molecule has 0 atom stereocenters. The van der Waals surface area contributed by atoms with Crippen LogP contribution in [-0.2, 0) is 22.1 Å². The van der Waals surface area contributed by atoms with Crippen LogP contribution in [0.3, 0.4) is 0 Å². The Morgan fingerprint density at radius 1 is 1.09 bits per heavy atom. The summed E-state index contributed by atoms with van der Waals surface area (Å²) in [6.45, 7) is 7.66. The zero-order valence-electron chi connectivity index (χ0n) is 18.6. The van der Waals surface area contributed by atoms with E-state index in [1.54, 1.807) is 13.8 Å². The maximum Gasteiger partial charge on any atom is 0.417 e. The number of nitrogens with one attached hydrogen (secondary N) is 2. The Kier molecular flexibility index (Phi) is 5.60. The summed E-state index contributed by atoms with van der Waals surface area (Å²) in [7, 11) is 0. The Bertz CT molecular complexity index is 1130. The average molecular weight is 485 g/mol. The van der Waals surface area contributed by atoms with E-state index in [-0.39, 0.29) is 10.6 Å². The van der Waals surface area contributed by atoms with Crippen molar-refractivity contribution in [2.24, 2.45) is 5.92 Å². The molecule has 0 bridgehead atoms. The van der Waals surface area contributed by atoms with E-state index in [4.69, 9.17) is 4.74 Å². The molecule has 0 saturated heterocycles. The number of hydrogen-bond acceptors (Lipinski definition) is 4. The lowest BCUT2D eigenvalue weighted by Gasteiger charge is -2.26. The van der Waals surface area contributed by atoms with Crippen molar-refractivity contribution in [1.82, 2.24) is 5.32 Å². The van der Waals surface area contributed by atoms with Crippen LogP contribution in [0, 0.1) is 11.7 Å². The van der Waals surface area contributed by atoms with Gasteiger partial charge >= 0.3 is 6.18 Å². The Morgan fingerprint density at radius 3 is 2.36 bits per heavy atom. The van der Waals surface area contributed by atoms with Crippen molar-refractivity contribution in [3.63, 3.8) is 0 Å². The summed E-state index contributed by atoms with van der Waals surface area (Å²) in [4.78, 5) is 26.7. The van der Waals surface area contributed by atoms with Crippen LogP contribution in [0.1, 0.15) is 77.3 Å². The minimum Gasteiger partial charge on any atom is -0.359 e. The number of rotatable bonds is 5. The van der Waals surface area contributed by atoms with E-state index in [2.05, 4.69) is 10.6 Å². The van der Waals surface area contributed by atoms with Crippen LogP contribution in [0.2, 0.25) is 0 Å². The van der Waals surface area contributed by atoms with Gasteiger partial charge in [-0.1, -0.05) is 6.07 Å². The molecular weight excluding hydrogens is 460 g/mol. The molecule has 2 aliphatic rings. The topological polar surface area (TPSA) is 67.4 Å². The standard InChI is InChI=1S/C23H24F4N2O3S/c1-21(2)16-15(18(30)28-10-11-8-9-11)20(33-17(16)22(3,4)32-21)29-19(31)14-12(23(25,26)27)6-5-7-13(14)24/h5-7,11H,8-10H2,1-4H3,(H,28,30)(H,29,31). The number of alkyl halides is 3. The maximum atomic E-state index is 14.4. The highest BCUT2D eigenvalue weighted by molar-refractivity contribution is 7.17. The van der Waals surface area contributed by atoms with Crippen molar-refractivity contribution in [2.45, 2.75) is 57.9 Å². The second-order valence-electron chi connectivity index (χ2n) is 9.40. The minimum absolute atomic E-state index is 0.0686. The molecule has 1 aromatic carbocycles. The highest BCUT2D eigenvalue weighted by Gasteiger charge is 2.49. The Morgan fingerprint density at radius 2 is 1.76 bits per heavy atom. The molecule has 0 unspecified atom stereocenters. The molecule has 33 heavy (non-hydrogen) atoms. The van der Waals surface area contributed by atoms with Crippen LogP contribution in [0.15, 0.2) is 18.2 Å². The van der Waals surface area contributed by atoms with E-state index in [1.165, 1.54) is 0 Å². The molecule has 2 amide bonds. The molecule has 2 N–H and O–H groups in total. The second-order valence-corrected chi connectivity index (χ2v) is 10.4. The molecule has 1 saturated carbocycles. The molecule has 4 rings (SSSR count). The number of hydrogen-bond donors (Lipinski definition) is 2. The van der Waals surface area contributed by atoms with Gasteiger partial charge in [0.05, 0.1) is 27.9 Å². The van der Waals surface area contributed by atoms with Crippen molar-refractivity contribution < 1.29 is 31.9 Å². The summed E-state index contributed by atoms with van der Waals surface area (Å²) in [5.41, 5.74) is -3.44. The number of thiophene rings is 1. The van der Waals surface area contributed by atoms with Crippen molar-refractivity contribution in [3.8, 4) is 0 Å². The highest BCUT2D eigenvalue weighted by Crippen LogP contribution is 2.54. The minimum atomic E-state index is -4.92. The summed E-state index contributed by atoms with van der Waals surface area (Å²) in [6.07, 6.45) is -2.89. The molecule has 0 spiro atoms. The van der Waals surface area contributed by atoms with E-state index < -0.39 is 46.1 Å². The molecule has 0 radical (unpaired) electrons. The number of anilines is 1. The van der Waals surface area contributed by atoms with Crippen molar-refractivity contribution in [2.75, 3.05) is 11.9 Å². The van der Waals surface area contributed by atoms with Crippen LogP contribution in [0.5, 0.6) is 0 Å². The zero-order valence-corrected chi connectivity index (χ0v) is 19.4. The van der Waals surface area contributed by atoms with E-state index in [0.29, 0.717) is 29.0 Å². The van der Waals surface area contributed by atoms with E-state index in [9.17, 15) is 27.2 Å². The number of amides is 2. The predicted octanol–water partition coefficient (Wildman–Crippen LogP) is 5.80. The molecule has 2 heterocycles. The fourth-order valence-electron chi connectivity index (χ4n) is 4.27. The fraction of sp³-hybridized carbons (Fsp3) is 0.478. The molecule has 1 aliphatic carbocycles. The van der Waals surface area contributed by atoms with Crippen LogP contribution < -0.4 is 10.6 Å². The zero-order chi connectivity index (χ0) is 24.3. The fourth-order valence-corrected chi connectivity index (χ4v) is 5.66. The molecule has 10 heteroatoms. The Hall–Kier alpha value is -2.46. The lowest BCUT2D eigenvalue weighted by Crippen LogP contribution is -2.30. The monoisotopic (exact) mass is 484 g/mol. The van der Waals surface area contributed by atoms with Crippen LogP contribution in [0.25, 0.3) is 0 Å². The first-order valence-electron chi connectivity index (χ1n) is 10.6. The number of benzene rings is 1. The number of carbonyl (C=O) groups excluding carboxylic acids is 2. The molecule has 5 nitrogen and oxygen atoms in total.